The topological polar surface area (TPSA) is 75.7 Å². The normalized spacial score (nSPS) is 13.2. The van der Waals surface area contributed by atoms with E-state index in [2.05, 4.69) is 5.32 Å². The highest BCUT2D eigenvalue weighted by Crippen LogP contribution is 2.32. The van der Waals surface area contributed by atoms with Gasteiger partial charge in [-0.2, -0.15) is 0 Å². The average Bonchev–Trinajstić information content (AvgIpc) is 2.50. The number of carbonyl (C=O) groups excluding carboxylic acids is 1. The van der Waals surface area contributed by atoms with Crippen LogP contribution in [0.2, 0.25) is 0 Å². The molecule has 1 aromatic rings. The van der Waals surface area contributed by atoms with E-state index in [1.807, 2.05) is 40.7 Å². The third-order valence-corrected chi connectivity index (χ3v) is 5.63. The Morgan fingerprint density at radius 2 is 1.65 bits per heavy atom. The lowest BCUT2D eigenvalue weighted by molar-refractivity contribution is -0.123. The van der Waals surface area contributed by atoms with E-state index in [1.54, 1.807) is 19.1 Å². The fraction of sp³-hybridized carbons (Fsp3) is 0.632. The SMILES string of the molecule is COc1ccc(C)cc1N([C@H](C)C(=O)NC(C(C)C)C(C)C)S(C)(=O)=O. The van der Waals surface area contributed by atoms with Crippen molar-refractivity contribution < 1.29 is 17.9 Å². The van der Waals surface area contributed by atoms with Crippen molar-refractivity contribution in [2.24, 2.45) is 11.8 Å². The molecule has 26 heavy (non-hydrogen) atoms. The van der Waals surface area contributed by atoms with Gasteiger partial charge in [-0.1, -0.05) is 33.8 Å². The van der Waals surface area contributed by atoms with Crippen LogP contribution in [0, 0.1) is 18.8 Å². The summed E-state index contributed by atoms with van der Waals surface area (Å²) in [6.45, 7) is 11.6. The molecule has 1 N–H and O–H groups in total. The smallest absolute Gasteiger partial charge is 0.243 e. The second kappa shape index (κ2) is 8.75. The lowest BCUT2D eigenvalue weighted by Gasteiger charge is -2.32. The molecular formula is C19H32N2O4S. The molecule has 7 heteroatoms. The molecule has 0 aliphatic carbocycles. The van der Waals surface area contributed by atoms with Crippen molar-refractivity contribution in [2.45, 2.75) is 53.6 Å². The Hall–Kier alpha value is -1.76. The number of amides is 1. The van der Waals surface area contributed by atoms with E-state index in [9.17, 15) is 13.2 Å². The number of nitrogens with zero attached hydrogens (tertiary/aromatic N) is 1. The maximum Gasteiger partial charge on any atom is 0.243 e. The van der Waals surface area contributed by atoms with Crippen LogP contribution in [0.1, 0.15) is 40.2 Å². The maximum absolute atomic E-state index is 12.9. The van der Waals surface area contributed by atoms with Crippen LogP contribution >= 0.6 is 0 Å². The number of hydrogen-bond donors (Lipinski definition) is 1. The van der Waals surface area contributed by atoms with Gasteiger partial charge in [-0.15, -0.1) is 0 Å². The molecule has 0 unspecified atom stereocenters. The number of aryl methyl sites for hydroxylation is 1. The summed E-state index contributed by atoms with van der Waals surface area (Å²) < 4.78 is 31.5. The van der Waals surface area contributed by atoms with Crippen LogP contribution in [-0.4, -0.2) is 39.8 Å². The Morgan fingerprint density at radius 3 is 2.08 bits per heavy atom. The fourth-order valence-corrected chi connectivity index (χ4v) is 4.31. The number of nitrogens with one attached hydrogen (secondary N) is 1. The quantitative estimate of drug-likeness (QED) is 0.748. The van der Waals surface area contributed by atoms with Gasteiger partial charge in [-0.25, -0.2) is 8.42 Å². The molecule has 0 aromatic heterocycles. The van der Waals surface area contributed by atoms with Crippen LogP contribution in [0.4, 0.5) is 5.69 Å². The van der Waals surface area contributed by atoms with E-state index in [-0.39, 0.29) is 23.8 Å². The summed E-state index contributed by atoms with van der Waals surface area (Å²) in [5.74, 6) is 0.564. The van der Waals surface area contributed by atoms with E-state index in [4.69, 9.17) is 4.74 Å². The predicted molar refractivity (Wildman–Crippen MR) is 106 cm³/mol. The molecule has 1 aromatic carbocycles. The van der Waals surface area contributed by atoms with Gasteiger partial charge in [0.05, 0.1) is 19.1 Å². The molecular weight excluding hydrogens is 352 g/mol. The number of sulfonamides is 1. The highest BCUT2D eigenvalue weighted by molar-refractivity contribution is 7.92. The largest absolute Gasteiger partial charge is 0.495 e. The van der Waals surface area contributed by atoms with Gasteiger partial charge in [0.2, 0.25) is 15.9 Å². The molecule has 0 fully saturated rings. The molecule has 1 amide bonds. The summed E-state index contributed by atoms with van der Waals surface area (Å²) in [5.41, 5.74) is 1.24. The van der Waals surface area contributed by atoms with Gasteiger partial charge >= 0.3 is 0 Å². The third kappa shape index (κ3) is 5.37. The molecule has 0 radical (unpaired) electrons. The number of hydrogen-bond acceptors (Lipinski definition) is 4. The number of methoxy groups -OCH3 is 1. The maximum atomic E-state index is 12.9. The molecule has 0 bridgehead atoms. The van der Waals surface area contributed by atoms with E-state index >= 15 is 0 Å². The highest BCUT2D eigenvalue weighted by atomic mass is 32.2. The van der Waals surface area contributed by atoms with Crippen molar-refractivity contribution in [3.8, 4) is 5.75 Å². The molecule has 0 spiro atoms. The second-order valence-corrected chi connectivity index (χ2v) is 9.29. The van der Waals surface area contributed by atoms with Gasteiger partial charge in [-0.05, 0) is 43.4 Å². The summed E-state index contributed by atoms with van der Waals surface area (Å²) in [4.78, 5) is 12.9. The van der Waals surface area contributed by atoms with Gasteiger partial charge in [0.25, 0.3) is 0 Å². The van der Waals surface area contributed by atoms with Gasteiger partial charge in [0, 0.05) is 6.04 Å². The van der Waals surface area contributed by atoms with Gasteiger partial charge < -0.3 is 10.1 Å². The zero-order chi connectivity index (χ0) is 20.2. The first kappa shape index (κ1) is 22.3. The number of rotatable bonds is 8. The van der Waals surface area contributed by atoms with Crippen LogP contribution in [0.3, 0.4) is 0 Å². The van der Waals surface area contributed by atoms with E-state index in [1.165, 1.54) is 7.11 Å². The Kier molecular flexibility index (Phi) is 7.50. The first-order valence-corrected chi connectivity index (χ1v) is 10.7. The Balaban J connectivity index is 3.31. The molecule has 0 heterocycles. The molecule has 1 rings (SSSR count). The molecule has 148 valence electrons. The zero-order valence-corrected chi connectivity index (χ0v) is 17.8. The lowest BCUT2D eigenvalue weighted by Crippen LogP contribution is -2.52. The van der Waals surface area contributed by atoms with E-state index in [0.717, 1.165) is 16.1 Å². The Bertz CT molecular complexity index is 721. The minimum absolute atomic E-state index is 0.0363. The molecule has 0 saturated heterocycles. The first-order chi connectivity index (χ1) is 11.9. The summed E-state index contributed by atoms with van der Waals surface area (Å²) in [6, 6.07) is 4.32. The van der Waals surface area contributed by atoms with Crippen LogP contribution < -0.4 is 14.4 Å². The summed E-state index contributed by atoms with van der Waals surface area (Å²) in [5, 5.41) is 3.00. The minimum Gasteiger partial charge on any atom is -0.495 e. The van der Waals surface area contributed by atoms with E-state index in [0.29, 0.717) is 11.4 Å². The minimum atomic E-state index is -3.70. The number of anilines is 1. The van der Waals surface area contributed by atoms with Gasteiger partial charge in [0.15, 0.2) is 0 Å². The van der Waals surface area contributed by atoms with Crippen LogP contribution in [0.25, 0.3) is 0 Å². The van der Waals surface area contributed by atoms with Crippen molar-refractivity contribution in [3.63, 3.8) is 0 Å². The molecule has 6 nitrogen and oxygen atoms in total. The highest BCUT2D eigenvalue weighted by Gasteiger charge is 2.33. The van der Waals surface area contributed by atoms with Crippen LogP contribution in [0.5, 0.6) is 5.75 Å². The van der Waals surface area contributed by atoms with Gasteiger partial charge in [0.1, 0.15) is 11.8 Å². The number of ether oxygens (including phenoxy) is 1. The van der Waals surface area contributed by atoms with Crippen molar-refractivity contribution in [3.05, 3.63) is 23.8 Å². The summed E-state index contributed by atoms with van der Waals surface area (Å²) in [7, 11) is -2.22. The zero-order valence-electron chi connectivity index (χ0n) is 17.0. The number of benzene rings is 1. The van der Waals surface area contributed by atoms with Crippen molar-refractivity contribution in [2.75, 3.05) is 17.7 Å². The lowest BCUT2D eigenvalue weighted by atomic mass is 9.93. The third-order valence-electron chi connectivity index (χ3n) is 4.41. The summed E-state index contributed by atoms with van der Waals surface area (Å²) in [6.07, 6.45) is 1.10. The molecule has 0 aliphatic rings. The first-order valence-electron chi connectivity index (χ1n) is 8.84. The Labute approximate surface area is 158 Å². The molecule has 0 saturated carbocycles. The summed E-state index contributed by atoms with van der Waals surface area (Å²) >= 11 is 0. The molecule has 0 aliphatic heterocycles. The van der Waals surface area contributed by atoms with Crippen molar-refractivity contribution >= 4 is 21.6 Å². The standard InChI is InChI=1S/C19H32N2O4S/c1-12(2)18(13(3)4)20-19(22)15(6)21(26(8,23)24)16-11-14(5)9-10-17(16)25-7/h9-13,15,18H,1-8H3,(H,20,22)/t15-/m1/s1. The fourth-order valence-electron chi connectivity index (χ4n) is 3.14. The number of carbonyl (C=O) groups is 1. The van der Waals surface area contributed by atoms with Crippen molar-refractivity contribution in [1.29, 1.82) is 0 Å². The Morgan fingerprint density at radius 1 is 1.12 bits per heavy atom. The predicted octanol–water partition coefficient (Wildman–Crippen LogP) is 2.95. The van der Waals surface area contributed by atoms with E-state index < -0.39 is 16.1 Å². The average molecular weight is 385 g/mol. The molecule has 1 atom stereocenters. The van der Waals surface area contributed by atoms with Crippen LogP contribution in [0.15, 0.2) is 18.2 Å². The second-order valence-electron chi connectivity index (χ2n) is 7.43. The van der Waals surface area contributed by atoms with Crippen molar-refractivity contribution in [1.82, 2.24) is 5.32 Å². The van der Waals surface area contributed by atoms with Crippen LogP contribution in [-0.2, 0) is 14.8 Å². The van der Waals surface area contributed by atoms with Gasteiger partial charge in [-0.3, -0.25) is 9.10 Å². The monoisotopic (exact) mass is 384 g/mol.